The molecule has 2 rings (SSSR count). The Hall–Kier alpha value is -1.96. The lowest BCUT2D eigenvalue weighted by Gasteiger charge is -2.25. The van der Waals surface area contributed by atoms with Crippen molar-refractivity contribution in [3.8, 4) is 11.5 Å². The second-order valence-corrected chi connectivity index (χ2v) is 9.66. The highest BCUT2D eigenvalue weighted by atomic mass is 16.3. The average molecular weight is 369 g/mol. The van der Waals surface area contributed by atoms with Gasteiger partial charge in [0.15, 0.2) is 0 Å². The molecule has 0 heterocycles. The molecule has 0 aliphatic rings. The number of phenolic OH excluding ortho intramolecular Hbond substituents is 2. The fraction of sp³-hybridized carbons (Fsp3) is 0.520. The number of rotatable bonds is 4. The number of hydrogen-bond acceptors (Lipinski definition) is 2. The van der Waals surface area contributed by atoms with Gasteiger partial charge in [0, 0.05) is 0 Å². The third-order valence-corrected chi connectivity index (χ3v) is 5.39. The molecule has 0 amide bonds. The van der Waals surface area contributed by atoms with Crippen LogP contribution in [0.15, 0.2) is 24.3 Å². The Bertz CT molecular complexity index is 748. The number of aryl methyl sites for hydroxylation is 2. The normalized spacial score (nSPS) is 12.4. The topological polar surface area (TPSA) is 40.5 Å². The van der Waals surface area contributed by atoms with Crippen LogP contribution in [0.25, 0.3) is 0 Å². The molecule has 148 valence electrons. The first-order chi connectivity index (χ1) is 12.4. The Balaban J connectivity index is 2.62. The highest BCUT2D eigenvalue weighted by molar-refractivity contribution is 5.50. The van der Waals surface area contributed by atoms with E-state index in [0.29, 0.717) is 11.5 Å². The lowest BCUT2D eigenvalue weighted by molar-refractivity contribution is 0.445. The summed E-state index contributed by atoms with van der Waals surface area (Å²) in [5.41, 5.74) is 6.67. The van der Waals surface area contributed by atoms with E-state index in [2.05, 4.69) is 67.5 Å². The molecule has 0 aromatic heterocycles. The van der Waals surface area contributed by atoms with Crippen molar-refractivity contribution < 1.29 is 10.2 Å². The molecule has 0 saturated heterocycles. The predicted octanol–water partition coefficient (Wildman–Crippen LogP) is 6.41. The van der Waals surface area contributed by atoms with Gasteiger partial charge >= 0.3 is 0 Å². The van der Waals surface area contributed by atoms with Gasteiger partial charge in [-0.3, -0.25) is 0 Å². The van der Waals surface area contributed by atoms with E-state index >= 15 is 0 Å². The third-order valence-electron chi connectivity index (χ3n) is 5.39. The largest absolute Gasteiger partial charge is 0.508 e. The summed E-state index contributed by atoms with van der Waals surface area (Å²) in [6.45, 7) is 17.1. The molecular weight excluding hydrogens is 332 g/mol. The zero-order valence-corrected chi connectivity index (χ0v) is 18.3. The minimum atomic E-state index is -0.107. The molecule has 0 radical (unpaired) electrons. The Morgan fingerprint density at radius 1 is 0.593 bits per heavy atom. The van der Waals surface area contributed by atoms with E-state index in [9.17, 15) is 10.2 Å². The first-order valence-corrected chi connectivity index (χ1v) is 10.1. The van der Waals surface area contributed by atoms with Crippen LogP contribution in [0, 0.1) is 0 Å². The molecule has 2 N–H and O–H groups in total. The van der Waals surface area contributed by atoms with Gasteiger partial charge in [-0.2, -0.15) is 0 Å². The zero-order valence-electron chi connectivity index (χ0n) is 18.3. The van der Waals surface area contributed by atoms with E-state index in [1.165, 1.54) is 22.3 Å². The summed E-state index contributed by atoms with van der Waals surface area (Å²) in [4.78, 5) is 0. The van der Waals surface area contributed by atoms with Crippen LogP contribution in [0.1, 0.15) is 88.8 Å². The molecule has 2 heteroatoms. The van der Waals surface area contributed by atoms with Gasteiger partial charge in [-0.25, -0.2) is 0 Å². The van der Waals surface area contributed by atoms with E-state index in [4.69, 9.17) is 0 Å². The zero-order chi connectivity index (χ0) is 20.6. The molecular formula is C25H36O2. The quantitative estimate of drug-likeness (QED) is 0.655. The van der Waals surface area contributed by atoms with Crippen LogP contribution in [0.2, 0.25) is 0 Å². The van der Waals surface area contributed by atoms with Gasteiger partial charge in [-0.05, 0) is 75.6 Å². The molecule has 0 unspecified atom stereocenters. The summed E-state index contributed by atoms with van der Waals surface area (Å²) in [7, 11) is 0. The van der Waals surface area contributed by atoms with Crippen LogP contribution in [0.3, 0.4) is 0 Å². The summed E-state index contributed by atoms with van der Waals surface area (Å²) in [6, 6.07) is 8.23. The summed E-state index contributed by atoms with van der Waals surface area (Å²) in [5.74, 6) is 0.778. The first-order valence-electron chi connectivity index (χ1n) is 10.1. The van der Waals surface area contributed by atoms with Crippen molar-refractivity contribution in [1.29, 1.82) is 0 Å². The van der Waals surface area contributed by atoms with Crippen molar-refractivity contribution in [2.24, 2.45) is 0 Å². The smallest absolute Gasteiger partial charge is 0.119 e. The third kappa shape index (κ3) is 4.66. The number of aromatic hydroxyl groups is 2. The highest BCUT2D eigenvalue weighted by Gasteiger charge is 2.23. The van der Waals surface area contributed by atoms with Crippen molar-refractivity contribution in [3.63, 3.8) is 0 Å². The van der Waals surface area contributed by atoms with Gasteiger partial charge in [0.25, 0.3) is 0 Å². The van der Waals surface area contributed by atoms with Crippen molar-refractivity contribution >= 4 is 0 Å². The minimum absolute atomic E-state index is 0.107. The maximum Gasteiger partial charge on any atom is 0.119 e. The molecule has 2 aromatic carbocycles. The van der Waals surface area contributed by atoms with Gasteiger partial charge in [0.05, 0.1) is 0 Å². The maximum absolute atomic E-state index is 10.5. The fourth-order valence-electron chi connectivity index (χ4n) is 3.75. The SMILES string of the molecule is CCc1cc(O)c(C(C)(C)C)cc1Cc1cc(C(C)(C)C)c(O)cc1CC. The predicted molar refractivity (Wildman–Crippen MR) is 115 cm³/mol. The molecule has 0 atom stereocenters. The van der Waals surface area contributed by atoms with Gasteiger partial charge in [-0.1, -0.05) is 67.5 Å². The van der Waals surface area contributed by atoms with E-state index in [0.717, 1.165) is 30.4 Å². The van der Waals surface area contributed by atoms with Crippen LogP contribution >= 0.6 is 0 Å². The van der Waals surface area contributed by atoms with Crippen molar-refractivity contribution in [2.45, 2.75) is 85.5 Å². The van der Waals surface area contributed by atoms with E-state index in [1.807, 2.05) is 12.1 Å². The molecule has 2 nitrogen and oxygen atoms in total. The van der Waals surface area contributed by atoms with Gasteiger partial charge in [-0.15, -0.1) is 0 Å². The standard InChI is InChI=1S/C25H36O2/c1-9-16-14-22(26)20(24(3,4)5)12-18(16)11-19-13-21(25(6,7)8)23(27)15-17(19)10-2/h12-15,26-27H,9-11H2,1-8H3. The Morgan fingerprint density at radius 2 is 0.926 bits per heavy atom. The van der Waals surface area contributed by atoms with Crippen LogP contribution < -0.4 is 0 Å². The van der Waals surface area contributed by atoms with Crippen molar-refractivity contribution in [3.05, 3.63) is 57.6 Å². The van der Waals surface area contributed by atoms with Gasteiger partial charge in [0.1, 0.15) is 11.5 Å². The molecule has 0 saturated carbocycles. The second-order valence-electron chi connectivity index (χ2n) is 9.66. The molecule has 0 fully saturated rings. The Kier molecular flexibility index (Phi) is 5.99. The van der Waals surface area contributed by atoms with Crippen molar-refractivity contribution in [1.82, 2.24) is 0 Å². The lowest BCUT2D eigenvalue weighted by Crippen LogP contribution is -2.14. The lowest BCUT2D eigenvalue weighted by atomic mass is 9.81. The minimum Gasteiger partial charge on any atom is -0.508 e. The highest BCUT2D eigenvalue weighted by Crippen LogP contribution is 2.37. The van der Waals surface area contributed by atoms with Gasteiger partial charge < -0.3 is 10.2 Å². The van der Waals surface area contributed by atoms with Crippen molar-refractivity contribution in [2.75, 3.05) is 0 Å². The molecule has 0 aliphatic heterocycles. The summed E-state index contributed by atoms with van der Waals surface area (Å²) >= 11 is 0. The second kappa shape index (κ2) is 7.58. The van der Waals surface area contributed by atoms with Crippen LogP contribution in [0.4, 0.5) is 0 Å². The molecule has 2 aromatic rings. The fourth-order valence-corrected chi connectivity index (χ4v) is 3.75. The number of hydrogen-bond donors (Lipinski definition) is 2. The Labute approximate surface area is 165 Å². The average Bonchev–Trinajstić information content (AvgIpc) is 2.54. The molecule has 0 aliphatic carbocycles. The van der Waals surface area contributed by atoms with E-state index in [1.54, 1.807) is 0 Å². The Morgan fingerprint density at radius 3 is 1.19 bits per heavy atom. The summed E-state index contributed by atoms with van der Waals surface area (Å²) in [6.07, 6.45) is 2.59. The molecule has 0 spiro atoms. The van der Waals surface area contributed by atoms with E-state index < -0.39 is 0 Å². The van der Waals surface area contributed by atoms with Crippen LogP contribution in [-0.2, 0) is 30.1 Å². The maximum atomic E-state index is 10.5. The summed E-state index contributed by atoms with van der Waals surface area (Å²) in [5, 5.41) is 21.0. The first kappa shape index (κ1) is 21.3. The van der Waals surface area contributed by atoms with Gasteiger partial charge in [0.2, 0.25) is 0 Å². The van der Waals surface area contributed by atoms with Crippen LogP contribution in [-0.4, -0.2) is 10.2 Å². The number of phenols is 2. The monoisotopic (exact) mass is 368 g/mol. The van der Waals surface area contributed by atoms with E-state index in [-0.39, 0.29) is 10.8 Å². The molecule has 0 bridgehead atoms. The molecule has 27 heavy (non-hydrogen) atoms. The summed E-state index contributed by atoms with van der Waals surface area (Å²) < 4.78 is 0. The number of benzene rings is 2. The van der Waals surface area contributed by atoms with Crippen LogP contribution in [0.5, 0.6) is 11.5 Å².